The van der Waals surface area contributed by atoms with Crippen molar-refractivity contribution in [2.24, 2.45) is 17.3 Å². The normalized spacial score (nSPS) is 24.3. The Kier molecular flexibility index (Phi) is 5.51. The second kappa shape index (κ2) is 6.36. The summed E-state index contributed by atoms with van der Waals surface area (Å²) < 4.78 is 10.7. The number of rotatable bonds is 4. The van der Waals surface area contributed by atoms with E-state index < -0.39 is 11.8 Å². The standard InChI is InChI=1S/C17H32O3/c1-12(2)19-15(18)20-17(6,7)13(3)14-9-8-10-16(4,5)11-14/h12-14H,8-11H2,1-7H3. The lowest BCUT2D eigenvalue weighted by molar-refractivity contribution is -0.0724. The van der Waals surface area contributed by atoms with Crippen LogP contribution in [0.5, 0.6) is 0 Å². The van der Waals surface area contributed by atoms with E-state index in [0.29, 0.717) is 17.3 Å². The molecule has 1 aliphatic rings. The predicted octanol–water partition coefficient (Wildman–Crippen LogP) is 5.18. The molecule has 3 heteroatoms. The molecule has 1 aliphatic carbocycles. The SMILES string of the molecule is CC(C)OC(=O)OC(C)(C)C(C)C1CCCC(C)(C)C1. The molecule has 0 radical (unpaired) electrons. The lowest BCUT2D eigenvalue weighted by Gasteiger charge is -2.43. The molecule has 2 atom stereocenters. The van der Waals surface area contributed by atoms with Gasteiger partial charge in [0.1, 0.15) is 5.60 Å². The Morgan fingerprint density at radius 1 is 1.25 bits per heavy atom. The monoisotopic (exact) mass is 284 g/mol. The Labute approximate surface area is 124 Å². The van der Waals surface area contributed by atoms with Crippen molar-refractivity contribution in [2.45, 2.75) is 85.9 Å². The van der Waals surface area contributed by atoms with E-state index in [0.717, 1.165) is 0 Å². The second-order valence-electron chi connectivity index (χ2n) is 7.93. The first-order valence-electron chi connectivity index (χ1n) is 7.93. The minimum atomic E-state index is -0.549. The van der Waals surface area contributed by atoms with E-state index in [-0.39, 0.29) is 6.10 Å². The van der Waals surface area contributed by atoms with Crippen LogP contribution >= 0.6 is 0 Å². The average molecular weight is 284 g/mol. The lowest BCUT2D eigenvalue weighted by Crippen LogP contribution is -2.42. The molecule has 118 valence electrons. The summed E-state index contributed by atoms with van der Waals surface area (Å²) in [6.07, 6.45) is 4.33. The van der Waals surface area contributed by atoms with Crippen LogP contribution in [0.25, 0.3) is 0 Å². The summed E-state index contributed by atoms with van der Waals surface area (Å²) >= 11 is 0. The molecule has 0 aromatic rings. The van der Waals surface area contributed by atoms with E-state index in [1.54, 1.807) is 0 Å². The third kappa shape index (κ3) is 4.99. The third-order valence-corrected chi connectivity index (χ3v) is 4.73. The summed E-state index contributed by atoms with van der Waals surface area (Å²) in [5.74, 6) is 0.947. The Morgan fingerprint density at radius 2 is 1.85 bits per heavy atom. The topological polar surface area (TPSA) is 35.5 Å². The van der Waals surface area contributed by atoms with Gasteiger partial charge < -0.3 is 9.47 Å². The molecule has 0 amide bonds. The molecule has 0 saturated heterocycles. The van der Waals surface area contributed by atoms with Gasteiger partial charge >= 0.3 is 6.16 Å². The zero-order valence-electron chi connectivity index (χ0n) is 14.3. The molecule has 1 fully saturated rings. The van der Waals surface area contributed by atoms with Crippen molar-refractivity contribution in [2.75, 3.05) is 0 Å². The van der Waals surface area contributed by atoms with E-state index in [4.69, 9.17) is 9.47 Å². The van der Waals surface area contributed by atoms with Crippen LogP contribution in [0.15, 0.2) is 0 Å². The van der Waals surface area contributed by atoms with Crippen molar-refractivity contribution in [3.8, 4) is 0 Å². The molecule has 0 spiro atoms. The molecule has 2 unspecified atom stereocenters. The Balaban J connectivity index is 2.63. The highest BCUT2D eigenvalue weighted by molar-refractivity contribution is 5.60. The van der Waals surface area contributed by atoms with Crippen molar-refractivity contribution in [3.63, 3.8) is 0 Å². The van der Waals surface area contributed by atoms with Crippen LogP contribution in [-0.4, -0.2) is 17.9 Å². The molecule has 0 aromatic carbocycles. The Hall–Kier alpha value is -0.730. The van der Waals surface area contributed by atoms with Gasteiger partial charge in [-0.25, -0.2) is 4.79 Å². The lowest BCUT2D eigenvalue weighted by atomic mass is 9.66. The maximum atomic E-state index is 11.7. The van der Waals surface area contributed by atoms with Crippen molar-refractivity contribution in [3.05, 3.63) is 0 Å². The fraction of sp³-hybridized carbons (Fsp3) is 0.941. The summed E-state index contributed by atoms with van der Waals surface area (Å²) in [6.45, 7) is 14.6. The molecule has 20 heavy (non-hydrogen) atoms. The highest BCUT2D eigenvalue weighted by Gasteiger charge is 2.40. The molecular weight excluding hydrogens is 252 g/mol. The Bertz CT molecular complexity index is 331. The molecule has 0 aliphatic heterocycles. The molecule has 0 N–H and O–H groups in total. The fourth-order valence-electron chi connectivity index (χ4n) is 3.28. The molecule has 0 heterocycles. The first-order valence-corrected chi connectivity index (χ1v) is 7.93. The van der Waals surface area contributed by atoms with Crippen molar-refractivity contribution >= 4 is 6.16 Å². The smallest absolute Gasteiger partial charge is 0.432 e. The second-order valence-corrected chi connectivity index (χ2v) is 7.93. The van der Waals surface area contributed by atoms with Crippen LogP contribution in [0.3, 0.4) is 0 Å². The minimum Gasteiger partial charge on any atom is -0.432 e. The number of carbonyl (C=O) groups is 1. The average Bonchev–Trinajstić information content (AvgIpc) is 2.24. The minimum absolute atomic E-state index is 0.137. The number of hydrogen-bond donors (Lipinski definition) is 0. The van der Waals surface area contributed by atoms with Gasteiger partial charge in [-0.3, -0.25) is 0 Å². The summed E-state index contributed by atoms with van der Waals surface area (Å²) in [5, 5.41) is 0. The highest BCUT2D eigenvalue weighted by Crippen LogP contribution is 2.44. The quantitative estimate of drug-likeness (QED) is 0.667. The zero-order chi connectivity index (χ0) is 15.6. The van der Waals surface area contributed by atoms with Crippen LogP contribution in [-0.2, 0) is 9.47 Å². The van der Waals surface area contributed by atoms with Gasteiger partial charge in [0, 0.05) is 0 Å². The molecule has 3 nitrogen and oxygen atoms in total. The Morgan fingerprint density at radius 3 is 2.35 bits per heavy atom. The van der Waals surface area contributed by atoms with E-state index in [1.165, 1.54) is 25.7 Å². The van der Waals surface area contributed by atoms with Crippen LogP contribution < -0.4 is 0 Å². The summed E-state index contributed by atoms with van der Waals surface area (Å²) in [7, 11) is 0. The van der Waals surface area contributed by atoms with E-state index in [9.17, 15) is 4.79 Å². The van der Waals surface area contributed by atoms with E-state index in [2.05, 4.69) is 20.8 Å². The van der Waals surface area contributed by atoms with Gasteiger partial charge in [-0.05, 0) is 57.8 Å². The van der Waals surface area contributed by atoms with Gasteiger partial charge in [-0.2, -0.15) is 0 Å². The number of hydrogen-bond acceptors (Lipinski definition) is 3. The van der Waals surface area contributed by atoms with Gasteiger partial charge in [0.2, 0.25) is 0 Å². The highest BCUT2D eigenvalue weighted by atomic mass is 16.7. The number of ether oxygens (including phenoxy) is 2. The third-order valence-electron chi connectivity index (χ3n) is 4.73. The summed E-state index contributed by atoms with van der Waals surface area (Å²) in [4.78, 5) is 11.7. The zero-order valence-corrected chi connectivity index (χ0v) is 14.3. The maximum Gasteiger partial charge on any atom is 0.509 e. The van der Waals surface area contributed by atoms with Gasteiger partial charge in [0.25, 0.3) is 0 Å². The van der Waals surface area contributed by atoms with Crippen LogP contribution in [0.1, 0.15) is 74.1 Å². The van der Waals surface area contributed by atoms with Gasteiger partial charge in [-0.1, -0.05) is 33.6 Å². The summed E-state index contributed by atoms with van der Waals surface area (Å²) in [5.41, 5.74) is -0.0737. The maximum absolute atomic E-state index is 11.7. The van der Waals surface area contributed by atoms with Gasteiger partial charge in [0.05, 0.1) is 6.10 Å². The molecule has 1 rings (SSSR count). The predicted molar refractivity (Wildman–Crippen MR) is 81.7 cm³/mol. The van der Waals surface area contributed by atoms with E-state index >= 15 is 0 Å². The van der Waals surface area contributed by atoms with Crippen molar-refractivity contribution in [1.82, 2.24) is 0 Å². The van der Waals surface area contributed by atoms with Gasteiger partial charge in [-0.15, -0.1) is 0 Å². The molecule has 1 saturated carbocycles. The molecular formula is C17H32O3. The van der Waals surface area contributed by atoms with Crippen molar-refractivity contribution < 1.29 is 14.3 Å². The van der Waals surface area contributed by atoms with Crippen LogP contribution in [0.4, 0.5) is 4.79 Å². The first-order chi connectivity index (χ1) is 9.03. The first kappa shape index (κ1) is 17.3. The van der Waals surface area contributed by atoms with Gasteiger partial charge in [0.15, 0.2) is 0 Å². The fourth-order valence-corrected chi connectivity index (χ4v) is 3.28. The molecule has 0 aromatic heterocycles. The van der Waals surface area contributed by atoms with Crippen molar-refractivity contribution in [1.29, 1.82) is 0 Å². The molecule has 0 bridgehead atoms. The van der Waals surface area contributed by atoms with Crippen LogP contribution in [0, 0.1) is 17.3 Å². The largest absolute Gasteiger partial charge is 0.509 e. The number of carbonyl (C=O) groups excluding carboxylic acids is 1. The summed E-state index contributed by atoms with van der Waals surface area (Å²) in [6, 6.07) is 0. The van der Waals surface area contributed by atoms with Crippen LogP contribution in [0.2, 0.25) is 0 Å². The van der Waals surface area contributed by atoms with E-state index in [1.807, 2.05) is 27.7 Å².